The summed E-state index contributed by atoms with van der Waals surface area (Å²) in [4.78, 5) is 2.27. The highest BCUT2D eigenvalue weighted by Crippen LogP contribution is 2.35. The molecule has 1 nitrogen and oxygen atoms in total. The Hall–Kier alpha value is -1.60. The fourth-order valence-electron chi connectivity index (χ4n) is 3.64. The molecule has 0 spiro atoms. The van der Waals surface area contributed by atoms with Crippen molar-refractivity contribution in [3.63, 3.8) is 0 Å². The third kappa shape index (κ3) is 6.96. The second-order valence-electron chi connectivity index (χ2n) is 7.77. The molecular weight excluding hydrogens is 314 g/mol. The van der Waals surface area contributed by atoms with E-state index in [1.807, 2.05) is 0 Å². The molecule has 0 N–H and O–H groups in total. The van der Waals surface area contributed by atoms with Crippen LogP contribution in [0.2, 0.25) is 0 Å². The normalized spacial score (nSPS) is 11.7. The molecule has 0 aromatic heterocycles. The lowest BCUT2D eigenvalue weighted by atomic mass is 10.1. The molecule has 3 rings (SSSR count). The lowest BCUT2D eigenvalue weighted by Gasteiger charge is -2.08. The molecule has 0 aliphatic heterocycles. The summed E-state index contributed by atoms with van der Waals surface area (Å²) in [6, 6.07) is 17.3. The molecule has 0 saturated carbocycles. The number of hydrogen-bond donors (Lipinski definition) is 0. The third-order valence-corrected chi connectivity index (χ3v) is 5.16. The molecular formula is C25H37N. The SMILES string of the molecule is CCCCCCCCCCN(C)C.c1ccc2c(c1)Cc1ccccc1-2. The zero-order valence-electron chi connectivity index (χ0n) is 17.1. The van der Waals surface area contributed by atoms with Crippen LogP contribution < -0.4 is 0 Å². The van der Waals surface area contributed by atoms with Crippen molar-refractivity contribution in [2.45, 2.75) is 64.7 Å². The van der Waals surface area contributed by atoms with Crippen molar-refractivity contribution in [3.8, 4) is 11.1 Å². The van der Waals surface area contributed by atoms with Gasteiger partial charge in [-0.25, -0.2) is 0 Å². The van der Waals surface area contributed by atoms with Crippen LogP contribution in [0, 0.1) is 0 Å². The number of nitrogens with zero attached hydrogens (tertiary/aromatic N) is 1. The Morgan fingerprint density at radius 2 is 1.12 bits per heavy atom. The first kappa shape index (κ1) is 20.7. The zero-order valence-corrected chi connectivity index (χ0v) is 17.1. The van der Waals surface area contributed by atoms with Crippen molar-refractivity contribution in [2.75, 3.05) is 20.6 Å². The van der Waals surface area contributed by atoms with Crippen LogP contribution in [0.15, 0.2) is 48.5 Å². The lowest BCUT2D eigenvalue weighted by Crippen LogP contribution is -2.12. The van der Waals surface area contributed by atoms with Gasteiger partial charge in [-0.2, -0.15) is 0 Å². The quantitative estimate of drug-likeness (QED) is 0.377. The van der Waals surface area contributed by atoms with Crippen LogP contribution in [-0.2, 0) is 6.42 Å². The molecule has 1 heteroatoms. The molecule has 0 bridgehead atoms. The van der Waals surface area contributed by atoms with Gasteiger partial charge < -0.3 is 4.90 Å². The predicted octanol–water partition coefficient (Wildman–Crippen LogP) is 6.95. The Bertz CT molecular complexity index is 586. The first-order valence-electron chi connectivity index (χ1n) is 10.5. The monoisotopic (exact) mass is 351 g/mol. The maximum absolute atomic E-state index is 2.27. The highest BCUT2D eigenvalue weighted by atomic mass is 15.0. The third-order valence-electron chi connectivity index (χ3n) is 5.16. The molecule has 0 unspecified atom stereocenters. The van der Waals surface area contributed by atoms with Crippen molar-refractivity contribution < 1.29 is 0 Å². The summed E-state index contributed by atoms with van der Waals surface area (Å²) in [5.74, 6) is 0. The summed E-state index contributed by atoms with van der Waals surface area (Å²) in [5.41, 5.74) is 5.75. The summed E-state index contributed by atoms with van der Waals surface area (Å²) in [7, 11) is 4.31. The van der Waals surface area contributed by atoms with E-state index < -0.39 is 0 Å². The van der Waals surface area contributed by atoms with Crippen LogP contribution in [0.25, 0.3) is 11.1 Å². The van der Waals surface area contributed by atoms with E-state index in [1.165, 1.54) is 80.2 Å². The minimum Gasteiger partial charge on any atom is -0.309 e. The standard InChI is InChI=1S/C13H10.C12H27N/c1-3-7-12-10(5-1)9-11-6-2-4-8-13(11)12;1-4-5-6-7-8-9-10-11-12-13(2)3/h1-8H,9H2;4-12H2,1-3H3. The van der Waals surface area contributed by atoms with Gasteiger partial charge in [-0.05, 0) is 55.7 Å². The van der Waals surface area contributed by atoms with Crippen LogP contribution in [0.5, 0.6) is 0 Å². The van der Waals surface area contributed by atoms with Crippen LogP contribution >= 0.6 is 0 Å². The van der Waals surface area contributed by atoms with Gasteiger partial charge in [0.15, 0.2) is 0 Å². The van der Waals surface area contributed by atoms with Gasteiger partial charge in [0.25, 0.3) is 0 Å². The zero-order chi connectivity index (χ0) is 18.6. The molecule has 0 radical (unpaired) electrons. The van der Waals surface area contributed by atoms with E-state index in [4.69, 9.17) is 0 Å². The summed E-state index contributed by atoms with van der Waals surface area (Å²) in [6.07, 6.45) is 12.5. The van der Waals surface area contributed by atoms with Gasteiger partial charge in [-0.1, -0.05) is 100 Å². The molecule has 0 saturated heterocycles. The van der Waals surface area contributed by atoms with E-state index in [1.54, 1.807) is 0 Å². The lowest BCUT2D eigenvalue weighted by molar-refractivity contribution is 0.389. The fourth-order valence-corrected chi connectivity index (χ4v) is 3.64. The largest absolute Gasteiger partial charge is 0.309 e. The molecule has 2 aromatic carbocycles. The van der Waals surface area contributed by atoms with Gasteiger partial charge in [-0.3, -0.25) is 0 Å². The summed E-state index contributed by atoms with van der Waals surface area (Å²) < 4.78 is 0. The minimum atomic E-state index is 1.10. The van der Waals surface area contributed by atoms with Crippen LogP contribution in [-0.4, -0.2) is 25.5 Å². The van der Waals surface area contributed by atoms with Crippen molar-refractivity contribution >= 4 is 0 Å². The Morgan fingerprint density at radius 1 is 0.654 bits per heavy atom. The number of rotatable bonds is 9. The Kier molecular flexibility index (Phi) is 9.48. The molecule has 1 aliphatic rings. The summed E-state index contributed by atoms with van der Waals surface area (Å²) >= 11 is 0. The highest BCUT2D eigenvalue weighted by molar-refractivity contribution is 5.76. The molecule has 1 aliphatic carbocycles. The van der Waals surface area contributed by atoms with E-state index in [9.17, 15) is 0 Å². The van der Waals surface area contributed by atoms with E-state index in [-0.39, 0.29) is 0 Å². The Labute approximate surface area is 161 Å². The molecule has 0 atom stereocenters. The maximum Gasteiger partial charge on any atom is -0.00135 e. The summed E-state index contributed by atoms with van der Waals surface area (Å²) in [5, 5.41) is 0. The van der Waals surface area contributed by atoms with E-state index in [0.29, 0.717) is 0 Å². The molecule has 142 valence electrons. The number of benzene rings is 2. The maximum atomic E-state index is 2.27. The second-order valence-corrected chi connectivity index (χ2v) is 7.77. The minimum absolute atomic E-state index is 1.10. The predicted molar refractivity (Wildman–Crippen MR) is 116 cm³/mol. The molecule has 0 fully saturated rings. The van der Waals surface area contributed by atoms with Crippen molar-refractivity contribution in [3.05, 3.63) is 59.7 Å². The smallest absolute Gasteiger partial charge is 0.00135 e. The van der Waals surface area contributed by atoms with Gasteiger partial charge in [0.05, 0.1) is 0 Å². The first-order chi connectivity index (χ1) is 12.7. The number of unbranched alkanes of at least 4 members (excludes halogenated alkanes) is 7. The average molecular weight is 352 g/mol. The second kappa shape index (κ2) is 11.9. The average Bonchev–Trinajstić information content (AvgIpc) is 3.03. The molecule has 0 heterocycles. The molecule has 0 amide bonds. The highest BCUT2D eigenvalue weighted by Gasteiger charge is 2.15. The van der Waals surface area contributed by atoms with Crippen molar-refractivity contribution in [1.82, 2.24) is 4.90 Å². The first-order valence-corrected chi connectivity index (χ1v) is 10.5. The van der Waals surface area contributed by atoms with Gasteiger partial charge in [0.2, 0.25) is 0 Å². The van der Waals surface area contributed by atoms with E-state index in [0.717, 1.165) is 6.42 Å². The summed E-state index contributed by atoms with van der Waals surface area (Å²) in [6.45, 7) is 3.53. The van der Waals surface area contributed by atoms with Crippen molar-refractivity contribution in [1.29, 1.82) is 0 Å². The van der Waals surface area contributed by atoms with Crippen LogP contribution in [0.3, 0.4) is 0 Å². The van der Waals surface area contributed by atoms with Gasteiger partial charge in [0, 0.05) is 0 Å². The molecule has 26 heavy (non-hydrogen) atoms. The van der Waals surface area contributed by atoms with E-state index in [2.05, 4.69) is 74.4 Å². The van der Waals surface area contributed by atoms with Gasteiger partial charge in [-0.15, -0.1) is 0 Å². The number of hydrogen-bond acceptors (Lipinski definition) is 1. The number of fused-ring (bicyclic) bond motifs is 3. The van der Waals surface area contributed by atoms with Crippen LogP contribution in [0.1, 0.15) is 69.4 Å². The van der Waals surface area contributed by atoms with Gasteiger partial charge in [0.1, 0.15) is 0 Å². The van der Waals surface area contributed by atoms with Gasteiger partial charge >= 0.3 is 0 Å². The Morgan fingerprint density at radius 3 is 1.62 bits per heavy atom. The Balaban J connectivity index is 0.000000187. The molecule has 2 aromatic rings. The topological polar surface area (TPSA) is 3.24 Å². The van der Waals surface area contributed by atoms with Crippen molar-refractivity contribution in [2.24, 2.45) is 0 Å². The van der Waals surface area contributed by atoms with Crippen LogP contribution in [0.4, 0.5) is 0 Å². The fraction of sp³-hybridized carbons (Fsp3) is 0.520. The van der Waals surface area contributed by atoms with E-state index >= 15 is 0 Å².